The molecule has 108 valence electrons. The van der Waals surface area contributed by atoms with Gasteiger partial charge >= 0.3 is 0 Å². The zero-order valence-corrected chi connectivity index (χ0v) is 12.5. The number of benzene rings is 2. The van der Waals surface area contributed by atoms with Crippen LogP contribution in [-0.2, 0) is 0 Å². The number of nitrogens with one attached hydrogen (secondary N) is 1. The van der Waals surface area contributed by atoms with Gasteiger partial charge in [-0.1, -0.05) is 17.7 Å². The van der Waals surface area contributed by atoms with E-state index in [1.165, 1.54) is 6.07 Å². The lowest BCUT2D eigenvalue weighted by atomic mass is 10.1. The van der Waals surface area contributed by atoms with Crippen molar-refractivity contribution in [2.75, 3.05) is 5.32 Å². The Labute approximate surface area is 128 Å². The van der Waals surface area contributed by atoms with E-state index < -0.39 is 4.92 Å². The van der Waals surface area contributed by atoms with Crippen LogP contribution in [0.15, 0.2) is 42.6 Å². The van der Waals surface area contributed by atoms with Crippen molar-refractivity contribution >= 4 is 29.1 Å². The average Bonchev–Trinajstić information content (AvgIpc) is 2.44. The van der Waals surface area contributed by atoms with E-state index in [1.807, 2.05) is 38.1 Å². The SMILES string of the molecule is Cc1ccc(Cl)cc1/C=C\Nc1ccc([N+](=O)[O-])cc1C. The number of nitrogens with zero attached hydrogens (tertiary/aromatic N) is 1. The van der Waals surface area contributed by atoms with E-state index in [0.29, 0.717) is 5.02 Å². The number of hydrogen-bond donors (Lipinski definition) is 1. The quantitative estimate of drug-likeness (QED) is 0.642. The second kappa shape index (κ2) is 6.41. The smallest absolute Gasteiger partial charge is 0.269 e. The Balaban J connectivity index is 2.14. The molecular formula is C16H15ClN2O2. The highest BCUT2D eigenvalue weighted by Crippen LogP contribution is 2.22. The summed E-state index contributed by atoms with van der Waals surface area (Å²) >= 11 is 5.97. The van der Waals surface area contributed by atoms with Crippen LogP contribution in [-0.4, -0.2) is 4.92 Å². The summed E-state index contributed by atoms with van der Waals surface area (Å²) in [4.78, 5) is 10.3. The predicted molar refractivity (Wildman–Crippen MR) is 86.7 cm³/mol. The molecule has 5 heteroatoms. The van der Waals surface area contributed by atoms with Crippen molar-refractivity contribution in [3.8, 4) is 0 Å². The molecule has 1 N–H and O–H groups in total. The molecule has 0 heterocycles. The van der Waals surface area contributed by atoms with Gasteiger partial charge in [0.2, 0.25) is 0 Å². The van der Waals surface area contributed by atoms with E-state index in [-0.39, 0.29) is 5.69 Å². The minimum Gasteiger partial charge on any atom is -0.361 e. The van der Waals surface area contributed by atoms with Gasteiger partial charge < -0.3 is 5.32 Å². The van der Waals surface area contributed by atoms with E-state index in [9.17, 15) is 10.1 Å². The normalized spacial score (nSPS) is 10.8. The molecular weight excluding hydrogens is 288 g/mol. The maximum Gasteiger partial charge on any atom is 0.269 e. The van der Waals surface area contributed by atoms with Crippen molar-refractivity contribution in [2.24, 2.45) is 0 Å². The Morgan fingerprint density at radius 2 is 1.90 bits per heavy atom. The topological polar surface area (TPSA) is 55.2 Å². The molecule has 21 heavy (non-hydrogen) atoms. The number of non-ortho nitro benzene ring substituents is 1. The zero-order chi connectivity index (χ0) is 15.4. The fourth-order valence-corrected chi connectivity index (χ4v) is 2.12. The molecule has 0 aliphatic heterocycles. The van der Waals surface area contributed by atoms with Crippen molar-refractivity contribution in [3.63, 3.8) is 0 Å². The molecule has 0 spiro atoms. The fourth-order valence-electron chi connectivity index (χ4n) is 1.94. The largest absolute Gasteiger partial charge is 0.361 e. The van der Waals surface area contributed by atoms with Gasteiger partial charge in [0.25, 0.3) is 5.69 Å². The molecule has 0 bridgehead atoms. The van der Waals surface area contributed by atoms with Crippen LogP contribution in [0.4, 0.5) is 11.4 Å². The van der Waals surface area contributed by atoms with Gasteiger partial charge in [0, 0.05) is 29.0 Å². The van der Waals surface area contributed by atoms with E-state index in [4.69, 9.17) is 11.6 Å². The lowest BCUT2D eigenvalue weighted by Crippen LogP contribution is -1.94. The van der Waals surface area contributed by atoms with E-state index >= 15 is 0 Å². The van der Waals surface area contributed by atoms with Crippen LogP contribution in [0.1, 0.15) is 16.7 Å². The van der Waals surface area contributed by atoms with Crippen LogP contribution < -0.4 is 5.32 Å². The highest BCUT2D eigenvalue weighted by atomic mass is 35.5. The minimum absolute atomic E-state index is 0.0905. The summed E-state index contributed by atoms with van der Waals surface area (Å²) in [5, 5.41) is 14.5. The maximum absolute atomic E-state index is 10.7. The number of halogens is 1. The standard InChI is InChI=1S/C16H15ClN2O2/c1-11-3-4-14(17)10-13(11)7-8-18-16-6-5-15(19(20)21)9-12(16)2/h3-10,18H,1-2H3/b8-7-. The lowest BCUT2D eigenvalue weighted by Gasteiger charge is -2.06. The Morgan fingerprint density at radius 3 is 2.57 bits per heavy atom. The molecule has 2 aromatic rings. The summed E-state index contributed by atoms with van der Waals surface area (Å²) in [5.41, 5.74) is 3.88. The number of aryl methyl sites for hydroxylation is 2. The first kappa shape index (κ1) is 15.1. The van der Waals surface area contributed by atoms with Gasteiger partial charge in [-0.05, 0) is 54.8 Å². The molecule has 0 aliphatic carbocycles. The molecule has 0 aliphatic rings. The highest BCUT2D eigenvalue weighted by molar-refractivity contribution is 6.30. The third-order valence-corrected chi connectivity index (χ3v) is 3.40. The summed E-state index contributed by atoms with van der Waals surface area (Å²) < 4.78 is 0. The summed E-state index contributed by atoms with van der Waals surface area (Å²) in [6.07, 6.45) is 3.72. The molecule has 0 saturated heterocycles. The molecule has 0 fully saturated rings. The molecule has 0 radical (unpaired) electrons. The monoisotopic (exact) mass is 302 g/mol. The summed E-state index contributed by atoms with van der Waals surface area (Å²) in [6.45, 7) is 3.83. The third-order valence-electron chi connectivity index (χ3n) is 3.16. The van der Waals surface area contributed by atoms with Gasteiger partial charge in [-0.15, -0.1) is 0 Å². The zero-order valence-electron chi connectivity index (χ0n) is 11.8. The van der Waals surface area contributed by atoms with Gasteiger partial charge in [-0.3, -0.25) is 10.1 Å². The van der Waals surface area contributed by atoms with Crippen LogP contribution in [0, 0.1) is 24.0 Å². The van der Waals surface area contributed by atoms with Crippen LogP contribution in [0.5, 0.6) is 0 Å². The molecule has 2 aromatic carbocycles. The third kappa shape index (κ3) is 3.83. The van der Waals surface area contributed by atoms with Crippen LogP contribution in [0.3, 0.4) is 0 Å². The Hall–Kier alpha value is -2.33. The minimum atomic E-state index is -0.401. The van der Waals surface area contributed by atoms with Gasteiger partial charge in [-0.2, -0.15) is 0 Å². The number of anilines is 1. The van der Waals surface area contributed by atoms with Gasteiger partial charge in [-0.25, -0.2) is 0 Å². The fraction of sp³-hybridized carbons (Fsp3) is 0.125. The molecule has 0 amide bonds. The predicted octanol–water partition coefficient (Wildman–Crippen LogP) is 4.95. The van der Waals surface area contributed by atoms with E-state index in [0.717, 1.165) is 22.4 Å². The van der Waals surface area contributed by atoms with Crippen LogP contribution in [0.2, 0.25) is 5.02 Å². The van der Waals surface area contributed by atoms with E-state index in [2.05, 4.69) is 5.32 Å². The molecule has 0 unspecified atom stereocenters. The average molecular weight is 303 g/mol. The lowest BCUT2D eigenvalue weighted by molar-refractivity contribution is -0.384. The number of hydrogen-bond acceptors (Lipinski definition) is 3. The number of nitro benzene ring substituents is 1. The summed E-state index contributed by atoms with van der Waals surface area (Å²) in [5.74, 6) is 0. The van der Waals surface area contributed by atoms with E-state index in [1.54, 1.807) is 18.3 Å². The number of rotatable bonds is 4. The van der Waals surface area contributed by atoms with Crippen LogP contribution in [0.25, 0.3) is 6.08 Å². The molecule has 4 nitrogen and oxygen atoms in total. The highest BCUT2D eigenvalue weighted by Gasteiger charge is 2.06. The second-order valence-corrected chi connectivity index (χ2v) is 5.17. The Morgan fingerprint density at radius 1 is 1.14 bits per heavy atom. The van der Waals surface area contributed by atoms with Gasteiger partial charge in [0.15, 0.2) is 0 Å². The Bertz CT molecular complexity index is 711. The van der Waals surface area contributed by atoms with Crippen molar-refractivity contribution in [3.05, 3.63) is 74.4 Å². The van der Waals surface area contributed by atoms with Crippen molar-refractivity contribution in [1.82, 2.24) is 0 Å². The number of nitro groups is 1. The first-order valence-electron chi connectivity index (χ1n) is 6.41. The maximum atomic E-state index is 10.7. The first-order chi connectivity index (χ1) is 9.97. The summed E-state index contributed by atoms with van der Waals surface area (Å²) in [6, 6.07) is 10.4. The van der Waals surface area contributed by atoms with Gasteiger partial charge in [0.1, 0.15) is 0 Å². The molecule has 0 aromatic heterocycles. The molecule has 0 atom stereocenters. The van der Waals surface area contributed by atoms with Gasteiger partial charge in [0.05, 0.1) is 4.92 Å². The van der Waals surface area contributed by atoms with Crippen molar-refractivity contribution in [1.29, 1.82) is 0 Å². The van der Waals surface area contributed by atoms with Crippen molar-refractivity contribution in [2.45, 2.75) is 13.8 Å². The first-order valence-corrected chi connectivity index (χ1v) is 6.79. The molecule has 0 saturated carbocycles. The second-order valence-electron chi connectivity index (χ2n) is 4.73. The van der Waals surface area contributed by atoms with Crippen LogP contribution >= 0.6 is 11.6 Å². The molecule has 2 rings (SSSR count). The van der Waals surface area contributed by atoms with Crippen molar-refractivity contribution < 1.29 is 4.92 Å². The summed E-state index contributed by atoms with van der Waals surface area (Å²) in [7, 11) is 0. The Kier molecular flexibility index (Phi) is 4.60.